The Labute approximate surface area is 186 Å². The maximum Gasteiger partial charge on any atom is 0.306 e. The summed E-state index contributed by atoms with van der Waals surface area (Å²) in [6, 6.07) is 0. The molecule has 0 aromatic heterocycles. The van der Waals surface area contributed by atoms with Crippen LogP contribution >= 0.6 is 0 Å². The van der Waals surface area contributed by atoms with Crippen molar-refractivity contribution in [2.45, 2.75) is 106 Å². The fraction of sp³-hybridized carbons (Fsp3) is 0.679. The summed E-state index contributed by atoms with van der Waals surface area (Å²) in [4.78, 5) is 10.9. The Kier molecular flexibility index (Phi) is 12.7. The van der Waals surface area contributed by atoms with Crippen molar-refractivity contribution in [2.75, 3.05) is 0 Å². The molecule has 0 saturated carbocycles. The van der Waals surface area contributed by atoms with Gasteiger partial charge < -0.3 is 5.11 Å². The molecule has 0 fully saturated rings. The number of carbonyl (C=O) groups is 1. The molecule has 1 rings (SSSR count). The van der Waals surface area contributed by atoms with Crippen LogP contribution in [0.15, 0.2) is 46.6 Å². The minimum atomic E-state index is -0.677. The molecule has 0 radical (unpaired) electrons. The molecule has 2 heteroatoms. The first-order valence-electron chi connectivity index (χ1n) is 12.1. The number of rotatable bonds is 14. The zero-order valence-electron chi connectivity index (χ0n) is 20.5. The van der Waals surface area contributed by atoms with Gasteiger partial charge in [-0.05, 0) is 90.4 Å². The number of carboxylic acids is 1. The standard InChI is InChI=1S/C28H46O2/c1-21(10-7-11-22(2)14-9-15-25(5)28(29)30)12-8-13-23(3)16-18-27-19-17-24(4)26(6)20-27/h11,16-17,19,21,25-26H,7-10,12-15,18,20H2,1-6H3,(H,29,30)/b22-11+,23-16+. The van der Waals surface area contributed by atoms with E-state index in [-0.39, 0.29) is 5.92 Å². The highest BCUT2D eigenvalue weighted by atomic mass is 16.4. The second-order valence-corrected chi connectivity index (χ2v) is 9.85. The quantitative estimate of drug-likeness (QED) is 0.289. The molecule has 0 aliphatic heterocycles. The van der Waals surface area contributed by atoms with Gasteiger partial charge in [0, 0.05) is 0 Å². The van der Waals surface area contributed by atoms with Crippen LogP contribution in [-0.2, 0) is 4.79 Å². The van der Waals surface area contributed by atoms with Crippen molar-refractivity contribution in [1.82, 2.24) is 0 Å². The van der Waals surface area contributed by atoms with Crippen molar-refractivity contribution in [1.29, 1.82) is 0 Å². The van der Waals surface area contributed by atoms with Crippen molar-refractivity contribution in [2.24, 2.45) is 17.8 Å². The lowest BCUT2D eigenvalue weighted by Crippen LogP contribution is -2.08. The van der Waals surface area contributed by atoms with E-state index in [1.54, 1.807) is 12.5 Å². The van der Waals surface area contributed by atoms with E-state index in [0.717, 1.165) is 38.0 Å². The summed E-state index contributed by atoms with van der Waals surface area (Å²) in [6.07, 6.45) is 20.7. The van der Waals surface area contributed by atoms with Gasteiger partial charge in [-0.15, -0.1) is 0 Å². The first-order valence-corrected chi connectivity index (χ1v) is 12.1. The first-order chi connectivity index (χ1) is 14.2. The van der Waals surface area contributed by atoms with Gasteiger partial charge in [-0.1, -0.05) is 73.8 Å². The summed E-state index contributed by atoms with van der Waals surface area (Å²) in [5.41, 5.74) is 6.02. The number of hydrogen-bond acceptors (Lipinski definition) is 1. The van der Waals surface area contributed by atoms with Crippen LogP contribution in [0, 0.1) is 17.8 Å². The van der Waals surface area contributed by atoms with Crippen LogP contribution < -0.4 is 0 Å². The summed E-state index contributed by atoms with van der Waals surface area (Å²) in [7, 11) is 0. The SMILES string of the molecule is CC1=CC=C(C/C=C(\C)CCCC(C)CC/C=C(\C)CCCC(C)C(=O)O)CC1C. The first kappa shape index (κ1) is 26.5. The van der Waals surface area contributed by atoms with Gasteiger partial charge in [-0.3, -0.25) is 4.79 Å². The fourth-order valence-electron chi connectivity index (χ4n) is 4.00. The van der Waals surface area contributed by atoms with E-state index in [1.807, 2.05) is 0 Å². The van der Waals surface area contributed by atoms with Crippen LogP contribution in [0.4, 0.5) is 0 Å². The molecule has 30 heavy (non-hydrogen) atoms. The van der Waals surface area contributed by atoms with E-state index < -0.39 is 5.97 Å². The van der Waals surface area contributed by atoms with E-state index >= 15 is 0 Å². The molecule has 0 heterocycles. The Bertz CT molecular complexity index is 648. The topological polar surface area (TPSA) is 37.3 Å². The third-order valence-electron chi connectivity index (χ3n) is 6.69. The Balaban J connectivity index is 2.17. The predicted molar refractivity (Wildman–Crippen MR) is 131 cm³/mol. The zero-order valence-corrected chi connectivity index (χ0v) is 20.5. The van der Waals surface area contributed by atoms with Gasteiger partial charge >= 0.3 is 5.97 Å². The molecule has 0 amide bonds. The lowest BCUT2D eigenvalue weighted by atomic mass is 9.88. The normalized spacial score (nSPS) is 19.9. The molecule has 0 saturated heterocycles. The molecule has 2 nitrogen and oxygen atoms in total. The highest BCUT2D eigenvalue weighted by Crippen LogP contribution is 2.27. The maximum atomic E-state index is 10.9. The van der Waals surface area contributed by atoms with Crippen molar-refractivity contribution < 1.29 is 9.90 Å². The Hall–Kier alpha value is -1.57. The maximum absolute atomic E-state index is 10.9. The molecule has 0 aromatic rings. The predicted octanol–water partition coefficient (Wildman–Crippen LogP) is 8.66. The number of aliphatic carboxylic acids is 1. The van der Waals surface area contributed by atoms with E-state index in [2.05, 4.69) is 58.9 Å². The van der Waals surface area contributed by atoms with Crippen molar-refractivity contribution in [3.8, 4) is 0 Å². The zero-order chi connectivity index (χ0) is 22.5. The average Bonchev–Trinajstić information content (AvgIpc) is 2.68. The van der Waals surface area contributed by atoms with Gasteiger partial charge in [-0.25, -0.2) is 0 Å². The van der Waals surface area contributed by atoms with Crippen LogP contribution in [0.2, 0.25) is 0 Å². The number of hydrogen-bond donors (Lipinski definition) is 1. The van der Waals surface area contributed by atoms with E-state index in [0.29, 0.717) is 5.92 Å². The van der Waals surface area contributed by atoms with Crippen LogP contribution in [0.3, 0.4) is 0 Å². The number of carboxylic acid groups (broad SMARTS) is 1. The van der Waals surface area contributed by atoms with Crippen molar-refractivity contribution in [3.05, 3.63) is 46.6 Å². The summed E-state index contributed by atoms with van der Waals surface area (Å²) in [5, 5.41) is 8.94. The molecule has 1 aliphatic rings. The Morgan fingerprint density at radius 3 is 2.33 bits per heavy atom. The lowest BCUT2D eigenvalue weighted by molar-refractivity contribution is -0.141. The third-order valence-corrected chi connectivity index (χ3v) is 6.69. The smallest absolute Gasteiger partial charge is 0.306 e. The summed E-state index contributed by atoms with van der Waals surface area (Å²) < 4.78 is 0. The monoisotopic (exact) mass is 414 g/mol. The minimum Gasteiger partial charge on any atom is -0.481 e. The van der Waals surface area contributed by atoms with Crippen molar-refractivity contribution in [3.63, 3.8) is 0 Å². The van der Waals surface area contributed by atoms with Crippen LogP contribution in [0.25, 0.3) is 0 Å². The summed E-state index contributed by atoms with van der Waals surface area (Å²) >= 11 is 0. The molecule has 3 atom stereocenters. The minimum absolute atomic E-state index is 0.223. The average molecular weight is 415 g/mol. The molecule has 0 bridgehead atoms. The summed E-state index contributed by atoms with van der Waals surface area (Å²) in [6.45, 7) is 13.2. The Morgan fingerprint density at radius 2 is 1.70 bits per heavy atom. The van der Waals surface area contributed by atoms with E-state index in [4.69, 9.17) is 5.11 Å². The van der Waals surface area contributed by atoms with E-state index in [1.165, 1.54) is 48.8 Å². The second-order valence-electron chi connectivity index (χ2n) is 9.85. The van der Waals surface area contributed by atoms with Crippen LogP contribution in [0.5, 0.6) is 0 Å². The fourth-order valence-corrected chi connectivity index (χ4v) is 4.00. The van der Waals surface area contributed by atoms with Gasteiger partial charge in [0.25, 0.3) is 0 Å². The van der Waals surface area contributed by atoms with E-state index in [9.17, 15) is 4.79 Å². The molecule has 0 spiro atoms. The third kappa shape index (κ3) is 11.6. The molecular weight excluding hydrogens is 368 g/mol. The van der Waals surface area contributed by atoms with Gasteiger partial charge in [0.05, 0.1) is 5.92 Å². The molecule has 0 aromatic carbocycles. The molecule has 3 unspecified atom stereocenters. The lowest BCUT2D eigenvalue weighted by Gasteiger charge is -2.18. The van der Waals surface area contributed by atoms with Gasteiger partial charge in [0.2, 0.25) is 0 Å². The van der Waals surface area contributed by atoms with Gasteiger partial charge in [0.15, 0.2) is 0 Å². The van der Waals surface area contributed by atoms with Crippen LogP contribution in [0.1, 0.15) is 106 Å². The van der Waals surface area contributed by atoms with Crippen molar-refractivity contribution >= 4 is 5.97 Å². The second kappa shape index (κ2) is 14.4. The molecule has 1 aliphatic carbocycles. The molecule has 170 valence electrons. The highest BCUT2D eigenvalue weighted by molar-refractivity contribution is 5.69. The van der Waals surface area contributed by atoms with Gasteiger partial charge in [-0.2, -0.15) is 0 Å². The number of allylic oxidation sites excluding steroid dienone is 8. The summed E-state index contributed by atoms with van der Waals surface area (Å²) in [5.74, 6) is 0.567. The Morgan fingerprint density at radius 1 is 1.07 bits per heavy atom. The molecule has 1 N–H and O–H groups in total. The van der Waals surface area contributed by atoms with Crippen LogP contribution in [-0.4, -0.2) is 11.1 Å². The van der Waals surface area contributed by atoms with Gasteiger partial charge in [0.1, 0.15) is 0 Å². The molecular formula is C28H46O2. The highest BCUT2D eigenvalue weighted by Gasteiger charge is 2.11. The largest absolute Gasteiger partial charge is 0.481 e.